The van der Waals surface area contributed by atoms with E-state index in [1.54, 1.807) is 34.9 Å². The first-order valence-corrected chi connectivity index (χ1v) is 11.6. The van der Waals surface area contributed by atoms with Crippen LogP contribution in [0.2, 0.25) is 0 Å². The van der Waals surface area contributed by atoms with E-state index in [9.17, 15) is 9.59 Å². The van der Waals surface area contributed by atoms with Crippen molar-refractivity contribution in [3.63, 3.8) is 0 Å². The molecule has 0 spiro atoms. The minimum Gasteiger partial charge on any atom is -0.339 e. The molecule has 1 heterocycles. The Morgan fingerprint density at radius 2 is 1.93 bits per heavy atom. The molecule has 0 saturated carbocycles. The first-order valence-electron chi connectivity index (χ1n) is 9.74. The zero-order valence-corrected chi connectivity index (χ0v) is 19.0. The smallest absolute Gasteiger partial charge is 0.255 e. The quantitative estimate of drug-likeness (QED) is 0.480. The molecule has 5 nitrogen and oxygen atoms in total. The minimum atomic E-state index is -0.155. The van der Waals surface area contributed by atoms with E-state index in [1.165, 1.54) is 0 Å². The van der Waals surface area contributed by atoms with Crippen LogP contribution in [0.5, 0.6) is 0 Å². The number of rotatable bonds is 8. The number of thioether (sulfide) groups is 1. The van der Waals surface area contributed by atoms with Crippen LogP contribution < -0.4 is 5.32 Å². The molecule has 1 aromatic heterocycles. The van der Waals surface area contributed by atoms with Crippen molar-refractivity contribution in [2.24, 2.45) is 0 Å². The largest absolute Gasteiger partial charge is 0.339 e. The fraction of sp³-hybridized carbons (Fsp3) is 0.261. The molecule has 156 valence electrons. The van der Waals surface area contributed by atoms with Crippen LogP contribution in [-0.4, -0.2) is 28.2 Å². The molecule has 0 fully saturated rings. The Bertz CT molecular complexity index is 1020. The van der Waals surface area contributed by atoms with Gasteiger partial charge < -0.3 is 10.2 Å². The lowest BCUT2D eigenvalue weighted by atomic mass is 10.1. The van der Waals surface area contributed by atoms with Gasteiger partial charge in [-0.1, -0.05) is 12.1 Å². The van der Waals surface area contributed by atoms with Crippen molar-refractivity contribution in [1.29, 1.82) is 0 Å². The molecular formula is C23H25N3O2S2. The molecule has 2 amide bonds. The summed E-state index contributed by atoms with van der Waals surface area (Å²) >= 11 is 3.36. The number of aromatic nitrogens is 1. The van der Waals surface area contributed by atoms with Gasteiger partial charge >= 0.3 is 0 Å². The van der Waals surface area contributed by atoms with E-state index >= 15 is 0 Å². The number of carbonyl (C=O) groups is 2. The number of thiazole rings is 1. The fourth-order valence-corrected chi connectivity index (χ4v) is 4.46. The Morgan fingerprint density at radius 3 is 2.57 bits per heavy atom. The van der Waals surface area contributed by atoms with Crippen molar-refractivity contribution in [2.45, 2.75) is 38.0 Å². The molecule has 7 heteroatoms. The normalized spacial score (nSPS) is 10.6. The Balaban J connectivity index is 1.59. The predicted molar refractivity (Wildman–Crippen MR) is 124 cm³/mol. The zero-order valence-electron chi connectivity index (χ0n) is 17.3. The van der Waals surface area contributed by atoms with Gasteiger partial charge in [0.25, 0.3) is 5.91 Å². The van der Waals surface area contributed by atoms with Crippen molar-refractivity contribution in [3.8, 4) is 0 Å². The molecule has 0 aliphatic carbocycles. The average Bonchev–Trinajstić information content (AvgIpc) is 3.16. The number of anilines is 1. The van der Waals surface area contributed by atoms with E-state index in [2.05, 4.69) is 15.7 Å². The highest BCUT2D eigenvalue weighted by Crippen LogP contribution is 2.24. The lowest BCUT2D eigenvalue weighted by molar-refractivity contribution is -0.129. The Labute approximate surface area is 185 Å². The maximum Gasteiger partial charge on any atom is 0.255 e. The van der Waals surface area contributed by atoms with E-state index in [0.717, 1.165) is 32.6 Å². The van der Waals surface area contributed by atoms with Gasteiger partial charge in [-0.05, 0) is 55.8 Å². The number of carbonyl (C=O) groups excluding carboxylic acids is 2. The lowest BCUT2D eigenvalue weighted by Gasteiger charge is -2.19. The third kappa shape index (κ3) is 6.18. The van der Waals surface area contributed by atoms with Crippen molar-refractivity contribution < 1.29 is 9.59 Å². The number of nitrogens with zero attached hydrogens (tertiary/aromatic N) is 2. The summed E-state index contributed by atoms with van der Waals surface area (Å²) in [5, 5.41) is 6.09. The molecular weight excluding hydrogens is 414 g/mol. The van der Waals surface area contributed by atoms with Gasteiger partial charge in [0.15, 0.2) is 0 Å². The Morgan fingerprint density at radius 1 is 1.17 bits per heavy atom. The van der Waals surface area contributed by atoms with Crippen LogP contribution >= 0.6 is 23.1 Å². The van der Waals surface area contributed by atoms with Crippen LogP contribution in [0, 0.1) is 6.92 Å². The van der Waals surface area contributed by atoms with Crippen LogP contribution in [0.1, 0.15) is 40.5 Å². The summed E-state index contributed by atoms with van der Waals surface area (Å²) in [7, 11) is 0. The SMILES string of the molecule is CCN(Cc1cccc(NC(=O)c2ccc(SCc3csc(C)n3)cc2)c1)C(C)=O. The summed E-state index contributed by atoms with van der Waals surface area (Å²) in [6.45, 7) is 6.70. The van der Waals surface area contributed by atoms with Crippen molar-refractivity contribution >= 4 is 40.6 Å². The Hall–Kier alpha value is -2.64. The maximum absolute atomic E-state index is 12.6. The predicted octanol–water partition coefficient (Wildman–Crippen LogP) is 5.36. The van der Waals surface area contributed by atoms with Crippen molar-refractivity contribution in [1.82, 2.24) is 9.88 Å². The third-order valence-corrected chi connectivity index (χ3v) is 6.42. The van der Waals surface area contributed by atoms with Crippen molar-refractivity contribution in [3.05, 3.63) is 75.7 Å². The number of amides is 2. The first-order chi connectivity index (χ1) is 14.4. The van der Waals surface area contributed by atoms with Crippen LogP contribution in [0.15, 0.2) is 58.8 Å². The van der Waals surface area contributed by atoms with E-state index in [0.29, 0.717) is 18.7 Å². The van der Waals surface area contributed by atoms with E-state index < -0.39 is 0 Å². The zero-order chi connectivity index (χ0) is 21.5. The molecule has 0 saturated heterocycles. The van der Waals surface area contributed by atoms with Gasteiger partial charge in [-0.3, -0.25) is 9.59 Å². The summed E-state index contributed by atoms with van der Waals surface area (Å²) in [5.74, 6) is 0.699. The molecule has 0 radical (unpaired) electrons. The van der Waals surface area contributed by atoms with E-state index in [4.69, 9.17) is 0 Å². The Kier molecular flexibility index (Phi) is 7.65. The summed E-state index contributed by atoms with van der Waals surface area (Å²) in [6.07, 6.45) is 0. The second kappa shape index (κ2) is 10.4. The van der Waals surface area contributed by atoms with Crippen LogP contribution in [-0.2, 0) is 17.1 Å². The number of hydrogen-bond donors (Lipinski definition) is 1. The summed E-state index contributed by atoms with van der Waals surface area (Å²) < 4.78 is 0. The molecule has 0 aliphatic heterocycles. The molecule has 0 unspecified atom stereocenters. The third-order valence-electron chi connectivity index (χ3n) is 4.56. The van der Waals surface area contributed by atoms with Gasteiger partial charge in [-0.25, -0.2) is 4.98 Å². The number of aryl methyl sites for hydroxylation is 1. The second-order valence-electron chi connectivity index (χ2n) is 6.86. The highest BCUT2D eigenvalue weighted by atomic mass is 32.2. The summed E-state index contributed by atoms with van der Waals surface area (Å²) in [6, 6.07) is 15.2. The van der Waals surface area contributed by atoms with E-state index in [1.807, 2.05) is 62.4 Å². The van der Waals surface area contributed by atoms with Crippen LogP contribution in [0.3, 0.4) is 0 Å². The van der Waals surface area contributed by atoms with Crippen LogP contribution in [0.25, 0.3) is 0 Å². The molecule has 0 atom stereocenters. The lowest BCUT2D eigenvalue weighted by Crippen LogP contribution is -2.27. The van der Waals surface area contributed by atoms with Gasteiger partial charge in [0.05, 0.1) is 10.7 Å². The van der Waals surface area contributed by atoms with Crippen molar-refractivity contribution in [2.75, 3.05) is 11.9 Å². The van der Waals surface area contributed by atoms with Crippen LogP contribution in [0.4, 0.5) is 5.69 Å². The average molecular weight is 440 g/mol. The minimum absolute atomic E-state index is 0.0369. The van der Waals surface area contributed by atoms with Gasteiger partial charge in [-0.15, -0.1) is 23.1 Å². The number of nitrogens with one attached hydrogen (secondary N) is 1. The summed E-state index contributed by atoms with van der Waals surface area (Å²) in [5.41, 5.74) is 3.38. The van der Waals surface area contributed by atoms with Gasteiger partial charge in [0.2, 0.25) is 5.91 Å². The number of hydrogen-bond acceptors (Lipinski definition) is 5. The topological polar surface area (TPSA) is 62.3 Å². The fourth-order valence-electron chi connectivity index (χ4n) is 2.95. The molecule has 1 N–H and O–H groups in total. The summed E-state index contributed by atoms with van der Waals surface area (Å²) in [4.78, 5) is 31.6. The molecule has 0 aliphatic rings. The van der Waals surface area contributed by atoms with Gasteiger partial charge in [0.1, 0.15) is 0 Å². The maximum atomic E-state index is 12.6. The second-order valence-corrected chi connectivity index (χ2v) is 8.97. The first kappa shape index (κ1) is 22.1. The van der Waals surface area contributed by atoms with Gasteiger partial charge in [0, 0.05) is 47.3 Å². The highest BCUT2D eigenvalue weighted by Gasteiger charge is 2.10. The number of benzene rings is 2. The highest BCUT2D eigenvalue weighted by molar-refractivity contribution is 7.98. The molecule has 3 aromatic rings. The monoisotopic (exact) mass is 439 g/mol. The van der Waals surface area contributed by atoms with E-state index in [-0.39, 0.29) is 11.8 Å². The van der Waals surface area contributed by atoms with Gasteiger partial charge in [-0.2, -0.15) is 0 Å². The molecule has 2 aromatic carbocycles. The molecule has 30 heavy (non-hydrogen) atoms. The standard InChI is InChI=1S/C23H25N3O2S2/c1-4-26(17(3)27)13-18-6-5-7-20(12-18)25-23(28)19-8-10-22(11-9-19)30-15-21-14-29-16(2)24-21/h5-12,14H,4,13,15H2,1-3H3,(H,25,28). The molecule has 0 bridgehead atoms. The molecule has 3 rings (SSSR count).